The van der Waals surface area contributed by atoms with Gasteiger partial charge >= 0.3 is 0 Å². The zero-order chi connectivity index (χ0) is 16.1. The Bertz CT molecular complexity index is 864. The van der Waals surface area contributed by atoms with Crippen molar-refractivity contribution in [2.24, 2.45) is 0 Å². The Balaban J connectivity index is 1.78. The SMILES string of the molecule is N#Cc1ncn(CC(=O)Nc2ccccc2-c2ccccc2)n1. The number of rotatable bonds is 4. The smallest absolute Gasteiger partial charge is 0.252 e. The van der Waals surface area contributed by atoms with Crippen LogP contribution < -0.4 is 5.32 Å². The van der Waals surface area contributed by atoms with E-state index < -0.39 is 0 Å². The molecule has 0 saturated heterocycles. The van der Waals surface area contributed by atoms with E-state index in [1.54, 1.807) is 0 Å². The standard InChI is InChI=1S/C17H13N5O/c18-10-16-19-12-22(21-16)11-17(23)20-15-9-5-4-8-14(15)13-6-2-1-3-7-13/h1-9,12H,11H2,(H,20,23). The Kier molecular flexibility index (Phi) is 4.11. The molecule has 0 aliphatic rings. The van der Waals surface area contributed by atoms with E-state index in [2.05, 4.69) is 15.4 Å². The largest absolute Gasteiger partial charge is 0.324 e. The van der Waals surface area contributed by atoms with Gasteiger partial charge in [0.1, 0.15) is 18.9 Å². The van der Waals surface area contributed by atoms with Gasteiger partial charge in [0.05, 0.1) is 0 Å². The first-order valence-electron chi connectivity index (χ1n) is 7.00. The monoisotopic (exact) mass is 303 g/mol. The predicted octanol–water partition coefficient (Wildman–Crippen LogP) is 2.46. The van der Waals surface area contributed by atoms with Crippen molar-refractivity contribution in [2.75, 3.05) is 5.32 Å². The molecule has 23 heavy (non-hydrogen) atoms. The van der Waals surface area contributed by atoms with Crippen molar-refractivity contribution in [1.29, 1.82) is 5.26 Å². The summed E-state index contributed by atoms with van der Waals surface area (Å²) >= 11 is 0. The molecule has 3 aromatic rings. The second-order valence-electron chi connectivity index (χ2n) is 4.84. The first-order chi connectivity index (χ1) is 11.3. The third-order valence-electron chi connectivity index (χ3n) is 3.23. The zero-order valence-electron chi connectivity index (χ0n) is 12.2. The minimum atomic E-state index is -0.234. The first kappa shape index (κ1) is 14.5. The van der Waals surface area contributed by atoms with Gasteiger partial charge in [0.15, 0.2) is 0 Å². The summed E-state index contributed by atoms with van der Waals surface area (Å²) in [6.07, 6.45) is 1.36. The lowest BCUT2D eigenvalue weighted by atomic mass is 10.0. The molecule has 112 valence electrons. The molecule has 1 heterocycles. The molecule has 0 radical (unpaired) electrons. The summed E-state index contributed by atoms with van der Waals surface area (Å²) in [5, 5.41) is 15.4. The summed E-state index contributed by atoms with van der Waals surface area (Å²) in [4.78, 5) is 16.0. The quantitative estimate of drug-likeness (QED) is 0.802. The minimum absolute atomic E-state index is 0.00218. The van der Waals surface area contributed by atoms with E-state index in [1.165, 1.54) is 11.0 Å². The fraction of sp³-hybridized carbons (Fsp3) is 0.0588. The molecule has 6 heteroatoms. The number of nitrogens with one attached hydrogen (secondary N) is 1. The molecule has 1 amide bonds. The van der Waals surface area contributed by atoms with Crippen LogP contribution in [0.15, 0.2) is 60.9 Å². The molecule has 3 rings (SSSR count). The van der Waals surface area contributed by atoms with Crippen LogP contribution in [0.3, 0.4) is 0 Å². The van der Waals surface area contributed by atoms with Crippen LogP contribution in [-0.4, -0.2) is 20.7 Å². The number of anilines is 1. The number of aromatic nitrogens is 3. The maximum atomic E-state index is 12.2. The Labute approximate surface area is 133 Å². The van der Waals surface area contributed by atoms with Gasteiger partial charge in [-0.15, -0.1) is 5.10 Å². The number of nitriles is 1. The van der Waals surface area contributed by atoms with Crippen molar-refractivity contribution >= 4 is 11.6 Å². The fourth-order valence-corrected chi connectivity index (χ4v) is 2.22. The molecular weight excluding hydrogens is 290 g/mol. The van der Waals surface area contributed by atoms with E-state index in [0.717, 1.165) is 16.8 Å². The molecule has 1 N–H and O–H groups in total. The van der Waals surface area contributed by atoms with Crippen molar-refractivity contribution in [1.82, 2.24) is 14.8 Å². The number of amides is 1. The van der Waals surface area contributed by atoms with Gasteiger partial charge in [-0.2, -0.15) is 5.26 Å². The highest BCUT2D eigenvalue weighted by Crippen LogP contribution is 2.27. The number of nitrogens with zero attached hydrogens (tertiary/aromatic N) is 4. The second-order valence-corrected chi connectivity index (χ2v) is 4.84. The molecule has 0 spiro atoms. The highest BCUT2D eigenvalue weighted by Gasteiger charge is 2.09. The van der Waals surface area contributed by atoms with Crippen molar-refractivity contribution in [2.45, 2.75) is 6.54 Å². The van der Waals surface area contributed by atoms with Crippen LogP contribution in [0.1, 0.15) is 5.82 Å². The fourth-order valence-electron chi connectivity index (χ4n) is 2.22. The number of carbonyl (C=O) groups excluding carboxylic acids is 1. The topological polar surface area (TPSA) is 83.6 Å². The molecule has 2 aromatic carbocycles. The molecule has 1 aromatic heterocycles. The Morgan fingerprint density at radius 1 is 1.13 bits per heavy atom. The number of hydrogen-bond acceptors (Lipinski definition) is 4. The molecular formula is C17H13N5O. The van der Waals surface area contributed by atoms with Gasteiger partial charge in [0.25, 0.3) is 5.82 Å². The lowest BCUT2D eigenvalue weighted by molar-refractivity contribution is -0.116. The third kappa shape index (κ3) is 3.41. The van der Waals surface area contributed by atoms with Gasteiger partial charge in [-0.05, 0) is 11.6 Å². The van der Waals surface area contributed by atoms with Crippen LogP contribution in [0.25, 0.3) is 11.1 Å². The maximum absolute atomic E-state index is 12.2. The second kappa shape index (κ2) is 6.54. The summed E-state index contributed by atoms with van der Waals surface area (Å²) < 4.78 is 1.33. The number of hydrogen-bond donors (Lipinski definition) is 1. The third-order valence-corrected chi connectivity index (χ3v) is 3.23. The van der Waals surface area contributed by atoms with Crippen LogP contribution >= 0.6 is 0 Å². The van der Waals surface area contributed by atoms with E-state index in [9.17, 15) is 4.79 Å². The Morgan fingerprint density at radius 3 is 2.61 bits per heavy atom. The van der Waals surface area contributed by atoms with Crippen LogP contribution in [0, 0.1) is 11.3 Å². The number of para-hydroxylation sites is 1. The Morgan fingerprint density at radius 2 is 1.87 bits per heavy atom. The van der Waals surface area contributed by atoms with Crippen LogP contribution in [0.5, 0.6) is 0 Å². The molecule has 0 atom stereocenters. The van der Waals surface area contributed by atoms with E-state index in [1.807, 2.05) is 60.7 Å². The van der Waals surface area contributed by atoms with Crippen LogP contribution in [0.2, 0.25) is 0 Å². The average molecular weight is 303 g/mol. The van der Waals surface area contributed by atoms with Crippen LogP contribution in [-0.2, 0) is 11.3 Å². The summed E-state index contributed by atoms with van der Waals surface area (Å²) in [6, 6.07) is 19.2. The normalized spacial score (nSPS) is 10.0. The molecule has 0 saturated carbocycles. The highest BCUT2D eigenvalue weighted by molar-refractivity contribution is 5.95. The summed E-state index contributed by atoms with van der Waals surface area (Å²) in [7, 11) is 0. The van der Waals surface area contributed by atoms with Gasteiger partial charge in [-0.3, -0.25) is 4.79 Å². The lowest BCUT2D eigenvalue weighted by Gasteiger charge is -2.11. The Hall–Kier alpha value is -3.46. The van der Waals surface area contributed by atoms with E-state index in [4.69, 9.17) is 5.26 Å². The van der Waals surface area contributed by atoms with E-state index in [0.29, 0.717) is 0 Å². The molecule has 0 aliphatic heterocycles. The molecule has 0 fully saturated rings. The molecule has 6 nitrogen and oxygen atoms in total. The molecule has 0 aliphatic carbocycles. The summed E-state index contributed by atoms with van der Waals surface area (Å²) in [5.41, 5.74) is 2.69. The molecule has 0 unspecified atom stereocenters. The summed E-state index contributed by atoms with van der Waals surface area (Å²) in [5.74, 6) is -0.190. The van der Waals surface area contributed by atoms with Crippen molar-refractivity contribution in [3.8, 4) is 17.2 Å². The summed E-state index contributed by atoms with van der Waals surface area (Å²) in [6.45, 7) is -0.00218. The van der Waals surface area contributed by atoms with E-state index in [-0.39, 0.29) is 18.3 Å². The van der Waals surface area contributed by atoms with Crippen molar-refractivity contribution in [3.63, 3.8) is 0 Å². The van der Waals surface area contributed by atoms with Crippen LogP contribution in [0.4, 0.5) is 5.69 Å². The van der Waals surface area contributed by atoms with Gasteiger partial charge in [-0.25, -0.2) is 9.67 Å². The number of carbonyl (C=O) groups is 1. The van der Waals surface area contributed by atoms with E-state index >= 15 is 0 Å². The van der Waals surface area contributed by atoms with Gasteiger partial charge < -0.3 is 5.32 Å². The zero-order valence-corrected chi connectivity index (χ0v) is 12.2. The van der Waals surface area contributed by atoms with Gasteiger partial charge in [-0.1, -0.05) is 48.5 Å². The highest BCUT2D eigenvalue weighted by atomic mass is 16.2. The number of benzene rings is 2. The van der Waals surface area contributed by atoms with Gasteiger partial charge in [0.2, 0.25) is 5.91 Å². The predicted molar refractivity (Wildman–Crippen MR) is 85.2 cm³/mol. The average Bonchev–Trinajstić information content (AvgIpc) is 3.03. The maximum Gasteiger partial charge on any atom is 0.252 e. The van der Waals surface area contributed by atoms with Gasteiger partial charge in [0, 0.05) is 11.3 Å². The lowest BCUT2D eigenvalue weighted by Crippen LogP contribution is -2.19. The minimum Gasteiger partial charge on any atom is -0.324 e. The van der Waals surface area contributed by atoms with Crippen molar-refractivity contribution in [3.05, 3.63) is 66.7 Å². The molecule has 0 bridgehead atoms. The van der Waals surface area contributed by atoms with Crippen molar-refractivity contribution < 1.29 is 4.79 Å². The first-order valence-corrected chi connectivity index (χ1v) is 7.00.